The summed E-state index contributed by atoms with van der Waals surface area (Å²) < 4.78 is 0.895. The highest BCUT2D eigenvalue weighted by atomic mass is 35.5. The Morgan fingerprint density at radius 3 is 2.86 bits per heavy atom. The number of hydrogen-bond acceptors (Lipinski definition) is 2. The van der Waals surface area contributed by atoms with Crippen molar-refractivity contribution in [3.63, 3.8) is 0 Å². The lowest BCUT2D eigenvalue weighted by Crippen LogP contribution is -2.30. The third-order valence-electron chi connectivity index (χ3n) is 3.20. The van der Waals surface area contributed by atoms with Crippen LogP contribution in [0.4, 0.5) is 0 Å². The summed E-state index contributed by atoms with van der Waals surface area (Å²) in [6, 6.07) is 4.54. The molecule has 3 unspecified atom stereocenters. The number of rotatable bonds is 1. The molecule has 1 aliphatic rings. The zero-order valence-electron chi connectivity index (χ0n) is 8.37. The van der Waals surface area contributed by atoms with Crippen molar-refractivity contribution in [2.75, 3.05) is 0 Å². The molecule has 3 heteroatoms. The van der Waals surface area contributed by atoms with Crippen molar-refractivity contribution in [1.29, 1.82) is 0 Å². The maximum Gasteiger partial charge on any atom is 0.0931 e. The molecule has 0 spiro atoms. The Kier molecular flexibility index (Phi) is 3.15. The van der Waals surface area contributed by atoms with E-state index in [1.165, 1.54) is 17.7 Å². The van der Waals surface area contributed by atoms with Crippen LogP contribution in [0.1, 0.15) is 37.0 Å². The first kappa shape index (κ1) is 10.5. The quantitative estimate of drug-likeness (QED) is 0.782. The van der Waals surface area contributed by atoms with E-state index in [1.807, 2.05) is 6.07 Å². The molecular weight excluding hydrogens is 214 g/mol. The molecule has 1 aromatic rings. The second kappa shape index (κ2) is 4.21. The van der Waals surface area contributed by atoms with E-state index in [-0.39, 0.29) is 0 Å². The average Bonchev–Trinajstić information content (AvgIpc) is 2.56. The highest BCUT2D eigenvalue weighted by molar-refractivity contribution is 7.16. The maximum absolute atomic E-state index is 6.00. The van der Waals surface area contributed by atoms with Gasteiger partial charge in [0.25, 0.3) is 0 Å². The Hall–Kier alpha value is -0.0500. The van der Waals surface area contributed by atoms with Crippen molar-refractivity contribution >= 4 is 22.9 Å². The fraction of sp³-hybridized carbons (Fsp3) is 0.636. The van der Waals surface area contributed by atoms with E-state index in [9.17, 15) is 0 Å². The standard InChI is InChI=1S/C11H16ClNS/c1-7-2-3-8(13)6-9(7)10-4-5-11(12)14-10/h4-5,7-9H,2-3,6,13H2,1H3. The first-order valence-corrected chi connectivity index (χ1v) is 6.37. The number of halogens is 1. The summed E-state index contributed by atoms with van der Waals surface area (Å²) >= 11 is 7.66. The monoisotopic (exact) mass is 229 g/mol. The van der Waals surface area contributed by atoms with E-state index in [2.05, 4.69) is 13.0 Å². The van der Waals surface area contributed by atoms with Gasteiger partial charge in [0.1, 0.15) is 0 Å². The molecule has 78 valence electrons. The van der Waals surface area contributed by atoms with Crippen molar-refractivity contribution in [3.05, 3.63) is 21.3 Å². The predicted molar refractivity (Wildman–Crippen MR) is 63.1 cm³/mol. The van der Waals surface area contributed by atoms with Gasteiger partial charge in [0, 0.05) is 10.9 Å². The minimum atomic E-state index is 0.386. The summed E-state index contributed by atoms with van der Waals surface area (Å²) in [4.78, 5) is 1.41. The van der Waals surface area contributed by atoms with Gasteiger partial charge in [0.15, 0.2) is 0 Å². The molecule has 1 saturated carbocycles. The SMILES string of the molecule is CC1CCC(N)CC1c1ccc(Cl)s1. The predicted octanol–water partition coefficient (Wildman–Crippen LogP) is 3.63. The smallest absolute Gasteiger partial charge is 0.0931 e. The van der Waals surface area contributed by atoms with Gasteiger partial charge in [0.2, 0.25) is 0 Å². The topological polar surface area (TPSA) is 26.0 Å². The third kappa shape index (κ3) is 2.13. The zero-order valence-corrected chi connectivity index (χ0v) is 9.94. The molecule has 2 N–H and O–H groups in total. The molecule has 0 amide bonds. The van der Waals surface area contributed by atoms with E-state index in [4.69, 9.17) is 17.3 Å². The van der Waals surface area contributed by atoms with Gasteiger partial charge in [-0.3, -0.25) is 0 Å². The van der Waals surface area contributed by atoms with Crippen LogP contribution in [0, 0.1) is 5.92 Å². The molecule has 1 fully saturated rings. The van der Waals surface area contributed by atoms with Crippen LogP contribution in [0.2, 0.25) is 4.34 Å². The van der Waals surface area contributed by atoms with Crippen LogP contribution in [-0.4, -0.2) is 6.04 Å². The summed E-state index contributed by atoms with van der Waals surface area (Å²) in [5.41, 5.74) is 6.00. The normalized spacial score (nSPS) is 33.2. The average molecular weight is 230 g/mol. The number of thiophene rings is 1. The zero-order chi connectivity index (χ0) is 10.1. The van der Waals surface area contributed by atoms with Crippen molar-refractivity contribution in [2.45, 2.75) is 38.1 Å². The second-order valence-electron chi connectivity index (χ2n) is 4.30. The van der Waals surface area contributed by atoms with Crippen LogP contribution in [0.5, 0.6) is 0 Å². The van der Waals surface area contributed by atoms with Gasteiger partial charge in [-0.25, -0.2) is 0 Å². The summed E-state index contributed by atoms with van der Waals surface area (Å²) in [7, 11) is 0. The molecule has 1 nitrogen and oxygen atoms in total. The Morgan fingerprint density at radius 1 is 1.43 bits per heavy atom. The van der Waals surface area contributed by atoms with Crippen LogP contribution in [-0.2, 0) is 0 Å². The van der Waals surface area contributed by atoms with Crippen LogP contribution in [0.3, 0.4) is 0 Å². The fourth-order valence-electron chi connectivity index (χ4n) is 2.28. The Bertz CT molecular complexity index is 310. The first-order valence-electron chi connectivity index (χ1n) is 5.17. The Morgan fingerprint density at radius 2 is 2.21 bits per heavy atom. The molecule has 0 aromatic carbocycles. The van der Waals surface area contributed by atoms with Crippen molar-refractivity contribution in [2.24, 2.45) is 11.7 Å². The van der Waals surface area contributed by atoms with Gasteiger partial charge >= 0.3 is 0 Å². The largest absolute Gasteiger partial charge is 0.328 e. The van der Waals surface area contributed by atoms with Crippen molar-refractivity contribution in [1.82, 2.24) is 0 Å². The molecule has 1 aromatic heterocycles. The molecule has 3 atom stereocenters. The lowest BCUT2D eigenvalue weighted by Gasteiger charge is -2.31. The highest BCUT2D eigenvalue weighted by Gasteiger charge is 2.27. The van der Waals surface area contributed by atoms with Gasteiger partial charge in [-0.15, -0.1) is 11.3 Å². The van der Waals surface area contributed by atoms with Gasteiger partial charge in [-0.05, 0) is 43.2 Å². The molecule has 2 rings (SSSR count). The van der Waals surface area contributed by atoms with E-state index in [0.29, 0.717) is 12.0 Å². The summed E-state index contributed by atoms with van der Waals surface area (Å²) in [6.07, 6.45) is 3.55. The van der Waals surface area contributed by atoms with Gasteiger partial charge in [0.05, 0.1) is 4.34 Å². The molecule has 0 saturated heterocycles. The summed E-state index contributed by atoms with van der Waals surface area (Å²) in [6.45, 7) is 2.32. The number of hydrogen-bond donors (Lipinski definition) is 1. The van der Waals surface area contributed by atoms with E-state index in [0.717, 1.165) is 16.7 Å². The summed E-state index contributed by atoms with van der Waals surface area (Å²) in [5, 5.41) is 0. The minimum Gasteiger partial charge on any atom is -0.328 e. The molecule has 0 bridgehead atoms. The first-order chi connectivity index (χ1) is 6.66. The lowest BCUT2D eigenvalue weighted by molar-refractivity contribution is 0.303. The van der Waals surface area contributed by atoms with Crippen LogP contribution in [0.25, 0.3) is 0 Å². The minimum absolute atomic E-state index is 0.386. The van der Waals surface area contributed by atoms with E-state index in [1.54, 1.807) is 11.3 Å². The van der Waals surface area contributed by atoms with Crippen molar-refractivity contribution < 1.29 is 0 Å². The molecule has 1 heterocycles. The van der Waals surface area contributed by atoms with E-state index >= 15 is 0 Å². The Balaban J connectivity index is 2.15. The second-order valence-corrected chi connectivity index (χ2v) is 6.05. The maximum atomic E-state index is 6.00. The summed E-state index contributed by atoms with van der Waals surface area (Å²) in [5.74, 6) is 1.39. The molecular formula is C11H16ClNS. The Labute approximate surface area is 94.3 Å². The van der Waals surface area contributed by atoms with Gasteiger partial charge in [-0.1, -0.05) is 18.5 Å². The molecule has 1 aliphatic carbocycles. The fourth-order valence-corrected chi connectivity index (χ4v) is 3.59. The molecule has 0 aliphatic heterocycles. The highest BCUT2D eigenvalue weighted by Crippen LogP contribution is 2.40. The third-order valence-corrected chi connectivity index (χ3v) is 4.56. The molecule has 0 radical (unpaired) electrons. The van der Waals surface area contributed by atoms with Crippen LogP contribution in [0.15, 0.2) is 12.1 Å². The van der Waals surface area contributed by atoms with Gasteiger partial charge in [-0.2, -0.15) is 0 Å². The molecule has 14 heavy (non-hydrogen) atoms. The van der Waals surface area contributed by atoms with Crippen LogP contribution >= 0.6 is 22.9 Å². The lowest BCUT2D eigenvalue weighted by atomic mass is 9.77. The van der Waals surface area contributed by atoms with E-state index < -0.39 is 0 Å². The van der Waals surface area contributed by atoms with Crippen LogP contribution < -0.4 is 5.73 Å². The van der Waals surface area contributed by atoms with Gasteiger partial charge < -0.3 is 5.73 Å². The van der Waals surface area contributed by atoms with Crippen molar-refractivity contribution in [3.8, 4) is 0 Å². The number of nitrogens with two attached hydrogens (primary N) is 1.